The molecule has 104 valence electrons. The fourth-order valence-corrected chi connectivity index (χ4v) is 2.93. The minimum atomic E-state index is -0.0661. The summed E-state index contributed by atoms with van der Waals surface area (Å²) < 4.78 is 0. The van der Waals surface area contributed by atoms with E-state index < -0.39 is 0 Å². The van der Waals surface area contributed by atoms with E-state index in [1.807, 2.05) is 31.2 Å². The van der Waals surface area contributed by atoms with Crippen molar-refractivity contribution in [1.82, 2.24) is 5.32 Å². The number of carbonyl (C=O) groups excluding carboxylic acids is 1. The largest absolute Gasteiger partial charge is 0.399 e. The first-order valence-corrected chi connectivity index (χ1v) is 7.34. The molecule has 1 amide bonds. The molecule has 0 aliphatic heterocycles. The maximum atomic E-state index is 12.1. The Hall–Kier alpha value is -1.94. The maximum Gasteiger partial charge on any atom is 0.252 e. The highest BCUT2D eigenvalue weighted by molar-refractivity contribution is 7.99. The summed E-state index contributed by atoms with van der Waals surface area (Å²) in [7, 11) is 0. The van der Waals surface area contributed by atoms with Gasteiger partial charge in [-0.3, -0.25) is 4.79 Å². The van der Waals surface area contributed by atoms with Gasteiger partial charge in [-0.1, -0.05) is 30.0 Å². The van der Waals surface area contributed by atoms with Gasteiger partial charge >= 0.3 is 0 Å². The van der Waals surface area contributed by atoms with Gasteiger partial charge in [0.05, 0.1) is 5.56 Å². The molecular weight excluding hydrogens is 268 g/mol. The Labute approximate surface area is 123 Å². The fourth-order valence-electron chi connectivity index (χ4n) is 1.86. The molecule has 0 bridgehead atoms. The highest BCUT2D eigenvalue weighted by Crippen LogP contribution is 2.33. The van der Waals surface area contributed by atoms with Crippen molar-refractivity contribution in [2.75, 3.05) is 12.3 Å². The van der Waals surface area contributed by atoms with Crippen LogP contribution in [0.1, 0.15) is 22.8 Å². The van der Waals surface area contributed by atoms with E-state index in [-0.39, 0.29) is 5.91 Å². The monoisotopic (exact) mass is 286 g/mol. The molecule has 2 aromatic rings. The van der Waals surface area contributed by atoms with E-state index in [4.69, 9.17) is 5.73 Å². The third kappa shape index (κ3) is 3.33. The molecule has 0 aliphatic carbocycles. The highest BCUT2D eigenvalue weighted by Gasteiger charge is 2.12. The first kappa shape index (κ1) is 14.5. The topological polar surface area (TPSA) is 55.1 Å². The zero-order valence-electron chi connectivity index (χ0n) is 11.6. The molecule has 3 nitrogen and oxygen atoms in total. The SMILES string of the molecule is CCNC(=O)c1ccc(N)cc1Sc1ccccc1C. The van der Waals surface area contributed by atoms with Crippen LogP contribution in [0.5, 0.6) is 0 Å². The number of anilines is 1. The third-order valence-corrected chi connectivity index (χ3v) is 4.14. The second kappa shape index (κ2) is 6.48. The number of carbonyl (C=O) groups is 1. The van der Waals surface area contributed by atoms with E-state index >= 15 is 0 Å². The van der Waals surface area contributed by atoms with Gasteiger partial charge in [-0.05, 0) is 43.7 Å². The third-order valence-electron chi connectivity index (χ3n) is 2.90. The molecule has 20 heavy (non-hydrogen) atoms. The smallest absolute Gasteiger partial charge is 0.252 e. The van der Waals surface area contributed by atoms with Gasteiger partial charge in [0.25, 0.3) is 5.91 Å². The molecule has 0 radical (unpaired) electrons. The predicted octanol–water partition coefficient (Wildman–Crippen LogP) is 3.48. The molecule has 0 atom stereocenters. The number of amides is 1. The fraction of sp³-hybridized carbons (Fsp3) is 0.188. The zero-order valence-corrected chi connectivity index (χ0v) is 12.5. The van der Waals surface area contributed by atoms with Crippen LogP contribution in [0.15, 0.2) is 52.3 Å². The summed E-state index contributed by atoms with van der Waals surface area (Å²) in [4.78, 5) is 14.1. The number of rotatable bonds is 4. The number of hydrogen-bond donors (Lipinski definition) is 2. The van der Waals surface area contributed by atoms with E-state index in [1.54, 1.807) is 23.9 Å². The maximum absolute atomic E-state index is 12.1. The minimum absolute atomic E-state index is 0.0661. The van der Waals surface area contributed by atoms with Crippen LogP contribution >= 0.6 is 11.8 Å². The average molecular weight is 286 g/mol. The molecule has 0 aliphatic rings. The lowest BCUT2D eigenvalue weighted by Gasteiger charge is -2.11. The van der Waals surface area contributed by atoms with Gasteiger partial charge in [-0.25, -0.2) is 0 Å². The van der Waals surface area contributed by atoms with Crippen LogP contribution in [-0.2, 0) is 0 Å². The van der Waals surface area contributed by atoms with Crippen LogP contribution < -0.4 is 11.1 Å². The van der Waals surface area contributed by atoms with Gasteiger partial charge < -0.3 is 11.1 Å². The van der Waals surface area contributed by atoms with Crippen molar-refractivity contribution in [1.29, 1.82) is 0 Å². The summed E-state index contributed by atoms with van der Waals surface area (Å²) >= 11 is 1.57. The molecular formula is C16H18N2OS. The average Bonchev–Trinajstić information content (AvgIpc) is 2.42. The van der Waals surface area contributed by atoms with Crippen molar-refractivity contribution in [3.8, 4) is 0 Å². The molecule has 0 saturated carbocycles. The molecule has 3 N–H and O–H groups in total. The number of hydrogen-bond acceptors (Lipinski definition) is 3. The summed E-state index contributed by atoms with van der Waals surface area (Å²) in [5, 5.41) is 2.83. The molecule has 0 unspecified atom stereocenters. The van der Waals surface area contributed by atoms with Gasteiger partial charge in [0, 0.05) is 22.0 Å². The number of nitrogen functional groups attached to an aromatic ring is 1. The van der Waals surface area contributed by atoms with Gasteiger partial charge in [0.1, 0.15) is 0 Å². The molecule has 2 aromatic carbocycles. The van der Waals surface area contributed by atoms with E-state index in [0.29, 0.717) is 17.8 Å². The summed E-state index contributed by atoms with van der Waals surface area (Å²) in [6, 6.07) is 13.5. The van der Waals surface area contributed by atoms with Gasteiger partial charge in [0.15, 0.2) is 0 Å². The van der Waals surface area contributed by atoms with Crippen LogP contribution in [0.4, 0.5) is 5.69 Å². The Morgan fingerprint density at radius 2 is 1.95 bits per heavy atom. The van der Waals surface area contributed by atoms with Crippen LogP contribution in [0.3, 0.4) is 0 Å². The second-order valence-electron chi connectivity index (χ2n) is 4.48. The lowest BCUT2D eigenvalue weighted by atomic mass is 10.2. The molecule has 0 aromatic heterocycles. The van der Waals surface area contributed by atoms with Crippen molar-refractivity contribution >= 4 is 23.4 Å². The van der Waals surface area contributed by atoms with Crippen molar-refractivity contribution in [3.63, 3.8) is 0 Å². The van der Waals surface area contributed by atoms with Crippen LogP contribution in [-0.4, -0.2) is 12.5 Å². The van der Waals surface area contributed by atoms with Gasteiger partial charge in [-0.2, -0.15) is 0 Å². The predicted molar refractivity (Wildman–Crippen MR) is 84.2 cm³/mol. The van der Waals surface area contributed by atoms with Crippen molar-refractivity contribution in [2.24, 2.45) is 0 Å². The standard InChI is InChI=1S/C16H18N2OS/c1-3-18-16(19)13-9-8-12(17)10-15(13)20-14-7-5-4-6-11(14)2/h4-10H,3,17H2,1-2H3,(H,18,19). The van der Waals surface area contributed by atoms with E-state index in [0.717, 1.165) is 9.79 Å². The molecule has 0 spiro atoms. The van der Waals surface area contributed by atoms with Crippen molar-refractivity contribution in [3.05, 3.63) is 53.6 Å². The van der Waals surface area contributed by atoms with Crippen LogP contribution in [0.2, 0.25) is 0 Å². The Balaban J connectivity index is 2.37. The normalized spacial score (nSPS) is 10.3. The Morgan fingerprint density at radius 1 is 1.20 bits per heavy atom. The molecule has 2 rings (SSSR count). The van der Waals surface area contributed by atoms with Gasteiger partial charge in [0.2, 0.25) is 0 Å². The van der Waals surface area contributed by atoms with Crippen LogP contribution in [0.25, 0.3) is 0 Å². The first-order valence-electron chi connectivity index (χ1n) is 6.53. The molecule has 0 saturated heterocycles. The lowest BCUT2D eigenvalue weighted by molar-refractivity contribution is 0.0953. The summed E-state index contributed by atoms with van der Waals surface area (Å²) in [6.07, 6.45) is 0. The zero-order chi connectivity index (χ0) is 14.5. The van der Waals surface area contributed by atoms with Crippen molar-refractivity contribution in [2.45, 2.75) is 23.6 Å². The molecule has 0 fully saturated rings. The number of nitrogens with one attached hydrogen (secondary N) is 1. The summed E-state index contributed by atoms with van der Waals surface area (Å²) in [5.74, 6) is -0.0661. The number of aryl methyl sites for hydroxylation is 1. The Kier molecular flexibility index (Phi) is 4.69. The van der Waals surface area contributed by atoms with E-state index in [2.05, 4.69) is 18.3 Å². The summed E-state index contributed by atoms with van der Waals surface area (Å²) in [6.45, 7) is 4.57. The number of nitrogens with two attached hydrogens (primary N) is 1. The molecule has 4 heteroatoms. The Morgan fingerprint density at radius 3 is 2.65 bits per heavy atom. The van der Waals surface area contributed by atoms with E-state index in [9.17, 15) is 4.79 Å². The van der Waals surface area contributed by atoms with E-state index in [1.165, 1.54) is 5.56 Å². The lowest BCUT2D eigenvalue weighted by Crippen LogP contribution is -2.23. The van der Waals surface area contributed by atoms with Gasteiger partial charge in [-0.15, -0.1) is 0 Å². The first-order chi connectivity index (χ1) is 9.61. The summed E-state index contributed by atoms with van der Waals surface area (Å²) in [5.41, 5.74) is 8.35. The van der Waals surface area contributed by atoms with Crippen LogP contribution in [0, 0.1) is 6.92 Å². The quantitative estimate of drug-likeness (QED) is 0.846. The molecule has 0 heterocycles. The van der Waals surface area contributed by atoms with Crippen molar-refractivity contribution < 1.29 is 4.79 Å². The second-order valence-corrected chi connectivity index (χ2v) is 5.57. The Bertz CT molecular complexity index is 626. The minimum Gasteiger partial charge on any atom is -0.399 e. The highest BCUT2D eigenvalue weighted by atomic mass is 32.2. The number of benzene rings is 2.